The topological polar surface area (TPSA) is 60.2 Å². The van der Waals surface area contributed by atoms with Gasteiger partial charge in [0.05, 0.1) is 4.90 Å². The van der Waals surface area contributed by atoms with Crippen molar-refractivity contribution in [2.75, 3.05) is 0 Å². The normalized spacial score (nSPS) is 15.7. The van der Waals surface area contributed by atoms with E-state index < -0.39 is 15.6 Å². The van der Waals surface area contributed by atoms with Crippen molar-refractivity contribution in [3.8, 4) is 0 Å². The van der Waals surface area contributed by atoms with E-state index in [9.17, 15) is 17.2 Å². The molecule has 6 heteroatoms. The number of rotatable bonds is 5. The summed E-state index contributed by atoms with van der Waals surface area (Å²) in [5, 5.41) is 0. The number of hydrogen-bond acceptors (Lipinski definition) is 3. The zero-order chi connectivity index (χ0) is 13.9. The minimum absolute atomic E-state index is 0.265. The standard InChI is InChI=1S/C12H17F2NO2S/c1-3-10(15)8(2)9-6-4-5-7-11(9)18(16,17)12(13)14/h4-8,10,12H,3,15H2,1-2H3. The number of benzene rings is 1. The first-order valence-electron chi connectivity index (χ1n) is 5.68. The molecular formula is C12H17F2NO2S. The van der Waals surface area contributed by atoms with E-state index in [0.29, 0.717) is 12.0 Å². The quantitative estimate of drug-likeness (QED) is 0.899. The molecule has 0 radical (unpaired) electrons. The molecule has 0 spiro atoms. The van der Waals surface area contributed by atoms with Gasteiger partial charge >= 0.3 is 5.76 Å². The van der Waals surface area contributed by atoms with Crippen molar-refractivity contribution in [1.29, 1.82) is 0 Å². The molecule has 0 saturated carbocycles. The highest BCUT2D eigenvalue weighted by atomic mass is 32.2. The molecule has 3 nitrogen and oxygen atoms in total. The lowest BCUT2D eigenvalue weighted by Crippen LogP contribution is -2.27. The minimum Gasteiger partial charge on any atom is -0.327 e. The Hall–Kier alpha value is -1.01. The fourth-order valence-corrected chi connectivity index (χ4v) is 2.84. The Labute approximate surface area is 106 Å². The predicted molar refractivity (Wildman–Crippen MR) is 66.3 cm³/mol. The summed E-state index contributed by atoms with van der Waals surface area (Å²) in [6, 6.07) is 5.53. The summed E-state index contributed by atoms with van der Waals surface area (Å²) in [6.45, 7) is 3.61. The van der Waals surface area contributed by atoms with E-state index in [4.69, 9.17) is 5.73 Å². The Morgan fingerprint density at radius 2 is 1.83 bits per heavy atom. The van der Waals surface area contributed by atoms with Crippen LogP contribution >= 0.6 is 0 Å². The second-order valence-electron chi connectivity index (χ2n) is 4.20. The Morgan fingerprint density at radius 1 is 1.28 bits per heavy atom. The van der Waals surface area contributed by atoms with E-state index in [0.717, 1.165) is 0 Å². The summed E-state index contributed by atoms with van der Waals surface area (Å²) < 4.78 is 48.4. The summed E-state index contributed by atoms with van der Waals surface area (Å²) in [4.78, 5) is -0.323. The van der Waals surface area contributed by atoms with Crippen LogP contribution < -0.4 is 5.73 Å². The Morgan fingerprint density at radius 3 is 2.33 bits per heavy atom. The summed E-state index contributed by atoms with van der Waals surface area (Å²) >= 11 is 0. The van der Waals surface area contributed by atoms with Crippen LogP contribution in [-0.4, -0.2) is 20.2 Å². The molecule has 1 aromatic carbocycles. The molecule has 1 aromatic rings. The lowest BCUT2D eigenvalue weighted by Gasteiger charge is -2.21. The zero-order valence-corrected chi connectivity index (χ0v) is 11.1. The third kappa shape index (κ3) is 2.87. The van der Waals surface area contributed by atoms with Crippen molar-refractivity contribution in [2.45, 2.75) is 42.9 Å². The maximum Gasteiger partial charge on any atom is 0.341 e. The van der Waals surface area contributed by atoms with E-state index >= 15 is 0 Å². The summed E-state index contributed by atoms with van der Waals surface area (Å²) in [5.74, 6) is -3.71. The average molecular weight is 277 g/mol. The first-order chi connectivity index (χ1) is 8.32. The minimum atomic E-state index is -4.58. The second-order valence-corrected chi connectivity index (χ2v) is 6.09. The Kier molecular flexibility index (Phi) is 4.81. The molecule has 2 unspecified atom stereocenters. The van der Waals surface area contributed by atoms with Gasteiger partial charge in [-0.3, -0.25) is 0 Å². The lowest BCUT2D eigenvalue weighted by atomic mass is 9.92. The fourth-order valence-electron chi connectivity index (χ4n) is 1.80. The first kappa shape index (κ1) is 15.0. The SMILES string of the molecule is CCC(N)C(C)c1ccccc1S(=O)(=O)C(F)F. The predicted octanol–water partition coefficient (Wildman–Crippen LogP) is 2.52. The van der Waals surface area contributed by atoms with Crippen LogP contribution in [0.5, 0.6) is 0 Å². The fraction of sp³-hybridized carbons (Fsp3) is 0.500. The number of halogens is 2. The lowest BCUT2D eigenvalue weighted by molar-refractivity contribution is 0.234. The van der Waals surface area contributed by atoms with Gasteiger partial charge in [0.15, 0.2) is 0 Å². The highest BCUT2D eigenvalue weighted by Crippen LogP contribution is 2.29. The molecule has 0 fully saturated rings. The third-order valence-corrected chi connectivity index (χ3v) is 4.52. The highest BCUT2D eigenvalue weighted by molar-refractivity contribution is 7.91. The van der Waals surface area contributed by atoms with E-state index in [2.05, 4.69) is 0 Å². The maximum absolute atomic E-state index is 12.6. The molecule has 0 aliphatic carbocycles. The van der Waals surface area contributed by atoms with E-state index in [-0.39, 0.29) is 16.9 Å². The van der Waals surface area contributed by atoms with Crippen LogP contribution in [-0.2, 0) is 9.84 Å². The van der Waals surface area contributed by atoms with Gasteiger partial charge in [0.25, 0.3) is 0 Å². The molecule has 0 amide bonds. The smallest absolute Gasteiger partial charge is 0.327 e. The number of sulfone groups is 1. The number of nitrogens with two attached hydrogens (primary N) is 1. The molecule has 2 N–H and O–H groups in total. The van der Waals surface area contributed by atoms with Crippen LogP contribution in [0.4, 0.5) is 8.78 Å². The molecule has 1 rings (SSSR count). The van der Waals surface area contributed by atoms with Gasteiger partial charge < -0.3 is 5.73 Å². The summed E-state index contributed by atoms with van der Waals surface area (Å²) in [7, 11) is -4.58. The number of alkyl halides is 2. The van der Waals surface area contributed by atoms with Gasteiger partial charge in [0, 0.05) is 6.04 Å². The molecule has 102 valence electrons. The van der Waals surface area contributed by atoms with Crippen LogP contribution in [0, 0.1) is 0 Å². The van der Waals surface area contributed by atoms with Crippen molar-refractivity contribution in [2.24, 2.45) is 5.73 Å². The Balaban J connectivity index is 3.32. The summed E-state index contributed by atoms with van der Waals surface area (Å²) in [6.07, 6.45) is 0.643. The summed E-state index contributed by atoms with van der Waals surface area (Å²) in [5.41, 5.74) is 6.21. The molecule has 2 atom stereocenters. The second kappa shape index (κ2) is 5.75. The van der Waals surface area contributed by atoms with Gasteiger partial charge in [-0.25, -0.2) is 8.42 Å². The van der Waals surface area contributed by atoms with Gasteiger partial charge in [-0.1, -0.05) is 32.0 Å². The van der Waals surface area contributed by atoms with Crippen LogP contribution in [0.25, 0.3) is 0 Å². The first-order valence-corrected chi connectivity index (χ1v) is 7.23. The Bertz CT molecular complexity index is 503. The zero-order valence-electron chi connectivity index (χ0n) is 10.3. The van der Waals surface area contributed by atoms with Gasteiger partial charge in [-0.2, -0.15) is 8.78 Å². The molecule has 0 saturated heterocycles. The van der Waals surface area contributed by atoms with Crippen molar-refractivity contribution in [3.05, 3.63) is 29.8 Å². The molecule has 18 heavy (non-hydrogen) atoms. The van der Waals surface area contributed by atoms with Gasteiger partial charge in [0.2, 0.25) is 9.84 Å². The van der Waals surface area contributed by atoms with Crippen LogP contribution in [0.1, 0.15) is 31.7 Å². The monoisotopic (exact) mass is 277 g/mol. The van der Waals surface area contributed by atoms with E-state index in [1.54, 1.807) is 13.0 Å². The van der Waals surface area contributed by atoms with Crippen LogP contribution in [0.3, 0.4) is 0 Å². The molecule has 0 aliphatic rings. The highest BCUT2D eigenvalue weighted by Gasteiger charge is 2.31. The van der Waals surface area contributed by atoms with E-state index in [1.165, 1.54) is 18.2 Å². The van der Waals surface area contributed by atoms with Crippen LogP contribution in [0.2, 0.25) is 0 Å². The van der Waals surface area contributed by atoms with E-state index in [1.807, 2.05) is 6.92 Å². The molecular weight excluding hydrogens is 260 g/mol. The largest absolute Gasteiger partial charge is 0.341 e. The van der Waals surface area contributed by atoms with Gasteiger partial charge in [-0.15, -0.1) is 0 Å². The molecule has 0 aromatic heterocycles. The molecule has 0 heterocycles. The molecule has 0 aliphatic heterocycles. The molecule has 0 bridgehead atoms. The maximum atomic E-state index is 12.6. The van der Waals surface area contributed by atoms with Crippen LogP contribution in [0.15, 0.2) is 29.2 Å². The van der Waals surface area contributed by atoms with Crippen molar-refractivity contribution in [1.82, 2.24) is 0 Å². The van der Waals surface area contributed by atoms with Crippen molar-refractivity contribution >= 4 is 9.84 Å². The van der Waals surface area contributed by atoms with Crippen molar-refractivity contribution < 1.29 is 17.2 Å². The van der Waals surface area contributed by atoms with Gasteiger partial charge in [-0.05, 0) is 24.0 Å². The average Bonchev–Trinajstić information content (AvgIpc) is 2.36. The van der Waals surface area contributed by atoms with Gasteiger partial charge in [0.1, 0.15) is 0 Å². The third-order valence-electron chi connectivity index (χ3n) is 3.06. The number of hydrogen-bond donors (Lipinski definition) is 1. The van der Waals surface area contributed by atoms with Crippen molar-refractivity contribution in [3.63, 3.8) is 0 Å².